The van der Waals surface area contributed by atoms with Gasteiger partial charge in [0.2, 0.25) is 0 Å². The summed E-state index contributed by atoms with van der Waals surface area (Å²) in [5, 5.41) is 7.08. The summed E-state index contributed by atoms with van der Waals surface area (Å²) in [5.74, 6) is 1.76. The fourth-order valence-electron chi connectivity index (χ4n) is 2.64. The van der Waals surface area contributed by atoms with Crippen LogP contribution in [0.5, 0.6) is 11.5 Å². The van der Waals surface area contributed by atoms with E-state index in [1.807, 2.05) is 64.1 Å². The Labute approximate surface area is 168 Å². The topological polar surface area (TPSA) is 42.5 Å². The Morgan fingerprint density at radius 1 is 0.926 bits per heavy atom. The monoisotopic (exact) mass is 386 g/mol. The second-order valence-corrected chi connectivity index (χ2v) is 7.40. The van der Waals surface area contributed by atoms with Crippen molar-refractivity contribution < 1.29 is 9.47 Å². The van der Waals surface area contributed by atoms with Crippen LogP contribution in [0.2, 0.25) is 0 Å². The summed E-state index contributed by atoms with van der Waals surface area (Å²) in [4.78, 5) is 0. The highest BCUT2D eigenvalue weighted by molar-refractivity contribution is 7.80. The lowest BCUT2D eigenvalue weighted by Crippen LogP contribution is -2.29. The van der Waals surface area contributed by atoms with Gasteiger partial charge >= 0.3 is 0 Å². The molecule has 146 valence electrons. The molecule has 0 saturated carbocycles. The zero-order valence-electron chi connectivity index (χ0n) is 16.6. The first-order chi connectivity index (χ1) is 12.9. The number of rotatable bonds is 9. The van der Waals surface area contributed by atoms with Crippen molar-refractivity contribution in [2.45, 2.75) is 52.7 Å². The predicted molar refractivity (Wildman–Crippen MR) is 117 cm³/mol. The highest BCUT2D eigenvalue weighted by atomic mass is 32.1. The molecular weight excluding hydrogens is 356 g/mol. The number of hydrogen-bond donors (Lipinski definition) is 2. The Hall–Kier alpha value is -2.27. The van der Waals surface area contributed by atoms with Gasteiger partial charge < -0.3 is 20.1 Å². The quantitative estimate of drug-likeness (QED) is 0.459. The van der Waals surface area contributed by atoms with Gasteiger partial charge in [0.05, 0.1) is 12.2 Å². The summed E-state index contributed by atoms with van der Waals surface area (Å²) >= 11 is 5.38. The van der Waals surface area contributed by atoms with Crippen LogP contribution < -0.4 is 20.1 Å². The fraction of sp³-hybridized carbons (Fsp3) is 0.409. The van der Waals surface area contributed by atoms with Gasteiger partial charge in [-0.15, -0.1) is 0 Å². The average Bonchev–Trinajstić information content (AvgIpc) is 2.58. The smallest absolute Gasteiger partial charge is 0.170 e. The molecule has 2 aromatic rings. The summed E-state index contributed by atoms with van der Waals surface area (Å²) < 4.78 is 11.4. The number of nitrogens with one attached hydrogen (secondary N) is 2. The molecule has 2 aromatic carbocycles. The lowest BCUT2D eigenvalue weighted by atomic mass is 10.1. The van der Waals surface area contributed by atoms with Crippen molar-refractivity contribution in [3.05, 3.63) is 54.1 Å². The lowest BCUT2D eigenvalue weighted by Gasteiger charge is -2.14. The Kier molecular flexibility index (Phi) is 8.40. The molecule has 0 radical (unpaired) electrons. The highest BCUT2D eigenvalue weighted by Crippen LogP contribution is 2.18. The minimum atomic E-state index is 0.148. The molecule has 0 amide bonds. The standard InChI is InChI=1S/C22H30N2O2S/c1-16(2)25-20-11-5-8-18(14-20)9-7-13-23-22(27)24-19-10-6-12-21(15-19)26-17(3)4/h5-6,8,10-12,14-17H,7,9,13H2,1-4H3,(H2,23,24,27). The van der Waals surface area contributed by atoms with Gasteiger partial charge in [-0.05, 0) is 82.6 Å². The maximum absolute atomic E-state index is 5.74. The van der Waals surface area contributed by atoms with Crippen LogP contribution in [0.1, 0.15) is 39.7 Å². The second-order valence-electron chi connectivity index (χ2n) is 6.99. The minimum Gasteiger partial charge on any atom is -0.491 e. The number of aryl methyl sites for hydroxylation is 1. The van der Waals surface area contributed by atoms with Crippen LogP contribution in [-0.4, -0.2) is 23.9 Å². The average molecular weight is 387 g/mol. The van der Waals surface area contributed by atoms with Gasteiger partial charge in [-0.25, -0.2) is 0 Å². The van der Waals surface area contributed by atoms with Crippen LogP contribution in [-0.2, 0) is 6.42 Å². The zero-order valence-corrected chi connectivity index (χ0v) is 17.4. The maximum Gasteiger partial charge on any atom is 0.170 e. The molecular formula is C22H30N2O2S. The molecule has 0 fully saturated rings. The lowest BCUT2D eigenvalue weighted by molar-refractivity contribution is 0.242. The first-order valence-corrected chi connectivity index (χ1v) is 9.90. The van der Waals surface area contributed by atoms with Gasteiger partial charge in [-0.3, -0.25) is 0 Å². The molecule has 0 saturated heterocycles. The van der Waals surface area contributed by atoms with E-state index in [0.29, 0.717) is 5.11 Å². The number of anilines is 1. The Balaban J connectivity index is 1.73. The summed E-state index contributed by atoms with van der Waals surface area (Å²) in [5.41, 5.74) is 2.19. The van der Waals surface area contributed by atoms with E-state index in [1.165, 1.54) is 5.56 Å². The molecule has 5 heteroatoms. The Morgan fingerprint density at radius 2 is 1.56 bits per heavy atom. The van der Waals surface area contributed by atoms with Crippen molar-refractivity contribution >= 4 is 23.0 Å². The molecule has 4 nitrogen and oxygen atoms in total. The molecule has 2 rings (SSSR count). The molecule has 0 atom stereocenters. The van der Waals surface area contributed by atoms with Crippen molar-refractivity contribution in [1.29, 1.82) is 0 Å². The summed E-state index contributed by atoms with van der Waals surface area (Å²) in [6.07, 6.45) is 2.30. The van der Waals surface area contributed by atoms with Crippen molar-refractivity contribution in [2.24, 2.45) is 0 Å². The molecule has 0 unspecified atom stereocenters. The highest BCUT2D eigenvalue weighted by Gasteiger charge is 2.03. The molecule has 0 spiro atoms. The largest absolute Gasteiger partial charge is 0.491 e. The molecule has 0 aromatic heterocycles. The summed E-state index contributed by atoms with van der Waals surface area (Å²) in [6, 6.07) is 16.1. The van der Waals surface area contributed by atoms with E-state index in [2.05, 4.69) is 22.8 Å². The molecule has 0 heterocycles. The van der Waals surface area contributed by atoms with Crippen LogP contribution in [0.25, 0.3) is 0 Å². The minimum absolute atomic E-state index is 0.148. The van der Waals surface area contributed by atoms with Crippen molar-refractivity contribution in [3.8, 4) is 11.5 Å². The van der Waals surface area contributed by atoms with E-state index in [-0.39, 0.29) is 12.2 Å². The number of ether oxygens (including phenoxy) is 2. The third-order valence-corrected chi connectivity index (χ3v) is 3.91. The molecule has 0 aliphatic heterocycles. The predicted octanol–water partition coefficient (Wildman–Crippen LogP) is 5.18. The van der Waals surface area contributed by atoms with Crippen molar-refractivity contribution in [1.82, 2.24) is 5.32 Å². The summed E-state index contributed by atoms with van der Waals surface area (Å²) in [7, 11) is 0. The van der Waals surface area contributed by atoms with Gasteiger partial charge in [-0.1, -0.05) is 18.2 Å². The van der Waals surface area contributed by atoms with Gasteiger partial charge in [0.1, 0.15) is 11.5 Å². The second kappa shape index (κ2) is 10.8. The van der Waals surface area contributed by atoms with Gasteiger partial charge in [0.15, 0.2) is 5.11 Å². The van der Waals surface area contributed by atoms with Crippen molar-refractivity contribution in [3.63, 3.8) is 0 Å². The van der Waals surface area contributed by atoms with Gasteiger partial charge in [-0.2, -0.15) is 0 Å². The third-order valence-electron chi connectivity index (χ3n) is 3.66. The molecule has 0 aliphatic rings. The van der Waals surface area contributed by atoms with Crippen LogP contribution >= 0.6 is 12.2 Å². The van der Waals surface area contributed by atoms with Gasteiger partial charge in [0, 0.05) is 18.3 Å². The van der Waals surface area contributed by atoms with E-state index in [1.54, 1.807) is 0 Å². The third kappa shape index (κ3) is 8.31. The van der Waals surface area contributed by atoms with Crippen LogP contribution in [0, 0.1) is 0 Å². The molecule has 2 N–H and O–H groups in total. The van der Waals surface area contributed by atoms with Crippen LogP contribution in [0.3, 0.4) is 0 Å². The van der Waals surface area contributed by atoms with E-state index in [0.717, 1.165) is 36.6 Å². The van der Waals surface area contributed by atoms with E-state index in [4.69, 9.17) is 21.7 Å². The SMILES string of the molecule is CC(C)Oc1cccc(CCCNC(=S)Nc2cccc(OC(C)C)c2)c1. The Morgan fingerprint density at radius 3 is 2.22 bits per heavy atom. The van der Waals surface area contributed by atoms with E-state index in [9.17, 15) is 0 Å². The van der Waals surface area contributed by atoms with Crippen LogP contribution in [0.15, 0.2) is 48.5 Å². The summed E-state index contributed by atoms with van der Waals surface area (Å²) in [6.45, 7) is 8.90. The normalized spacial score (nSPS) is 10.7. The van der Waals surface area contributed by atoms with E-state index < -0.39 is 0 Å². The Bertz CT molecular complexity index is 732. The zero-order chi connectivity index (χ0) is 19.6. The van der Waals surface area contributed by atoms with Gasteiger partial charge in [0.25, 0.3) is 0 Å². The maximum atomic E-state index is 5.74. The molecule has 0 bridgehead atoms. The first kappa shape index (κ1) is 21.0. The number of benzene rings is 2. The van der Waals surface area contributed by atoms with Crippen molar-refractivity contribution in [2.75, 3.05) is 11.9 Å². The fourth-order valence-corrected chi connectivity index (χ4v) is 2.86. The first-order valence-electron chi connectivity index (χ1n) is 9.49. The molecule has 0 aliphatic carbocycles. The number of thiocarbonyl (C=S) groups is 1. The van der Waals surface area contributed by atoms with E-state index >= 15 is 0 Å². The number of hydrogen-bond acceptors (Lipinski definition) is 3. The molecule has 27 heavy (non-hydrogen) atoms. The van der Waals surface area contributed by atoms with Crippen LogP contribution in [0.4, 0.5) is 5.69 Å².